The van der Waals surface area contributed by atoms with Crippen molar-refractivity contribution in [2.75, 3.05) is 17.7 Å². The first kappa shape index (κ1) is 13.3. The molecule has 2 aromatic carbocycles. The van der Waals surface area contributed by atoms with E-state index >= 15 is 0 Å². The number of anilines is 2. The maximum atomic E-state index is 8.99. The minimum absolute atomic E-state index is 0.489. The molecule has 0 saturated carbocycles. The molecule has 96 valence electrons. The Labute approximate surface area is 117 Å². The van der Waals surface area contributed by atoms with Gasteiger partial charge in [-0.1, -0.05) is 29.8 Å². The van der Waals surface area contributed by atoms with Gasteiger partial charge in [0.2, 0.25) is 0 Å². The van der Waals surface area contributed by atoms with Crippen molar-refractivity contribution in [2.45, 2.75) is 6.54 Å². The third-order valence-electron chi connectivity index (χ3n) is 2.96. The third-order valence-corrected chi connectivity index (χ3v) is 3.33. The zero-order valence-corrected chi connectivity index (χ0v) is 11.4. The Balaban J connectivity index is 2.24. The van der Waals surface area contributed by atoms with Crippen LogP contribution < -0.4 is 10.6 Å². The van der Waals surface area contributed by atoms with Crippen LogP contribution in [0.2, 0.25) is 5.02 Å². The predicted molar refractivity (Wildman–Crippen MR) is 79.1 cm³/mol. The number of nitriles is 1. The number of rotatable bonds is 3. The average Bonchev–Trinajstić information content (AvgIpc) is 2.42. The van der Waals surface area contributed by atoms with Crippen LogP contribution in [0.15, 0.2) is 42.5 Å². The minimum Gasteiger partial charge on any atom is -0.398 e. The number of nitrogens with two attached hydrogens (primary N) is 1. The zero-order valence-electron chi connectivity index (χ0n) is 10.6. The van der Waals surface area contributed by atoms with E-state index in [1.165, 1.54) is 0 Å². The molecule has 0 spiro atoms. The van der Waals surface area contributed by atoms with Gasteiger partial charge in [-0.25, -0.2) is 0 Å². The van der Waals surface area contributed by atoms with Crippen LogP contribution in [0, 0.1) is 11.3 Å². The monoisotopic (exact) mass is 271 g/mol. The molecule has 0 unspecified atom stereocenters. The fraction of sp³-hybridized carbons (Fsp3) is 0.133. The Morgan fingerprint density at radius 3 is 2.68 bits per heavy atom. The molecule has 2 rings (SSSR count). The van der Waals surface area contributed by atoms with Gasteiger partial charge in [-0.3, -0.25) is 0 Å². The van der Waals surface area contributed by atoms with E-state index < -0.39 is 0 Å². The normalized spacial score (nSPS) is 9.95. The molecule has 0 aliphatic rings. The molecule has 0 radical (unpaired) electrons. The van der Waals surface area contributed by atoms with Gasteiger partial charge in [-0.15, -0.1) is 0 Å². The molecular formula is C15H14ClN3. The molecule has 19 heavy (non-hydrogen) atoms. The quantitative estimate of drug-likeness (QED) is 0.870. The second-order valence-corrected chi connectivity index (χ2v) is 4.74. The number of halogens is 1. The second kappa shape index (κ2) is 5.64. The van der Waals surface area contributed by atoms with E-state index in [2.05, 4.69) is 6.07 Å². The van der Waals surface area contributed by atoms with Crippen LogP contribution in [0.5, 0.6) is 0 Å². The first-order valence-corrected chi connectivity index (χ1v) is 6.24. The Morgan fingerprint density at radius 2 is 2.00 bits per heavy atom. The number of benzene rings is 2. The number of hydrogen-bond acceptors (Lipinski definition) is 3. The van der Waals surface area contributed by atoms with Crippen molar-refractivity contribution in [3.05, 3.63) is 58.6 Å². The molecule has 0 aliphatic heterocycles. The Kier molecular flexibility index (Phi) is 3.94. The van der Waals surface area contributed by atoms with Crippen LogP contribution in [-0.2, 0) is 6.54 Å². The summed E-state index contributed by atoms with van der Waals surface area (Å²) in [6.07, 6.45) is 0. The summed E-state index contributed by atoms with van der Waals surface area (Å²) in [5, 5.41) is 9.73. The van der Waals surface area contributed by atoms with E-state index in [4.69, 9.17) is 22.6 Å². The average molecular weight is 272 g/mol. The number of nitrogen functional groups attached to an aromatic ring is 1. The van der Waals surface area contributed by atoms with Gasteiger partial charge in [-0.2, -0.15) is 5.26 Å². The molecule has 4 heteroatoms. The summed E-state index contributed by atoms with van der Waals surface area (Å²) in [4.78, 5) is 2.03. The Bertz CT molecular complexity index is 632. The highest BCUT2D eigenvalue weighted by Gasteiger charge is 2.07. The van der Waals surface area contributed by atoms with Crippen LogP contribution >= 0.6 is 11.6 Å². The highest BCUT2D eigenvalue weighted by atomic mass is 35.5. The first-order chi connectivity index (χ1) is 9.11. The largest absolute Gasteiger partial charge is 0.398 e. The lowest BCUT2D eigenvalue weighted by atomic mass is 10.1. The lowest BCUT2D eigenvalue weighted by Gasteiger charge is -2.20. The summed E-state index contributed by atoms with van der Waals surface area (Å²) in [6, 6.07) is 15.2. The van der Waals surface area contributed by atoms with E-state index in [1.54, 1.807) is 12.1 Å². The summed E-state index contributed by atoms with van der Waals surface area (Å²) in [5.74, 6) is 0. The van der Waals surface area contributed by atoms with E-state index in [-0.39, 0.29) is 0 Å². The van der Waals surface area contributed by atoms with E-state index in [9.17, 15) is 0 Å². The maximum Gasteiger partial charge on any atom is 0.101 e. The third kappa shape index (κ3) is 2.98. The standard InChI is InChI=1S/C15H14ClN3/c1-19(10-11-4-2-3-5-14(11)16)13-6-7-15(18)12(8-13)9-17/h2-8H,10,18H2,1H3. The molecule has 0 aliphatic carbocycles. The molecule has 0 atom stereocenters. The van der Waals surface area contributed by atoms with Crippen molar-refractivity contribution in [2.24, 2.45) is 0 Å². The fourth-order valence-corrected chi connectivity index (χ4v) is 2.05. The van der Waals surface area contributed by atoms with Crippen LogP contribution in [-0.4, -0.2) is 7.05 Å². The molecule has 2 aromatic rings. The summed E-state index contributed by atoms with van der Waals surface area (Å²) in [6.45, 7) is 0.675. The molecule has 0 bridgehead atoms. The molecule has 3 nitrogen and oxygen atoms in total. The van der Waals surface area contributed by atoms with Crippen LogP contribution in [0.25, 0.3) is 0 Å². The molecule has 0 heterocycles. The smallest absolute Gasteiger partial charge is 0.101 e. The van der Waals surface area contributed by atoms with Crippen molar-refractivity contribution in [3.8, 4) is 6.07 Å². The van der Waals surface area contributed by atoms with Gasteiger partial charge in [0.25, 0.3) is 0 Å². The summed E-state index contributed by atoms with van der Waals surface area (Å²) >= 11 is 6.14. The molecule has 0 fully saturated rings. The zero-order chi connectivity index (χ0) is 13.8. The Hall–Kier alpha value is -2.18. The van der Waals surface area contributed by atoms with Crippen molar-refractivity contribution >= 4 is 23.0 Å². The highest BCUT2D eigenvalue weighted by Crippen LogP contribution is 2.23. The second-order valence-electron chi connectivity index (χ2n) is 4.33. The van der Waals surface area contributed by atoms with E-state index in [1.807, 2.05) is 42.3 Å². The summed E-state index contributed by atoms with van der Waals surface area (Å²) in [7, 11) is 1.95. The molecular weight excluding hydrogens is 258 g/mol. The number of hydrogen-bond donors (Lipinski definition) is 1. The fourth-order valence-electron chi connectivity index (χ4n) is 1.85. The topological polar surface area (TPSA) is 53.0 Å². The molecule has 2 N–H and O–H groups in total. The van der Waals surface area contributed by atoms with Gasteiger partial charge < -0.3 is 10.6 Å². The van der Waals surface area contributed by atoms with Gasteiger partial charge in [0.05, 0.1) is 5.56 Å². The molecule has 0 saturated heterocycles. The summed E-state index contributed by atoms with van der Waals surface area (Å²) < 4.78 is 0. The van der Waals surface area contributed by atoms with Crippen molar-refractivity contribution in [1.82, 2.24) is 0 Å². The Morgan fingerprint density at radius 1 is 1.26 bits per heavy atom. The molecule has 0 aromatic heterocycles. The number of nitrogens with zero attached hydrogens (tertiary/aromatic N) is 2. The predicted octanol–water partition coefficient (Wildman–Crippen LogP) is 3.43. The lowest BCUT2D eigenvalue weighted by molar-refractivity contribution is 0.923. The maximum absolute atomic E-state index is 8.99. The van der Waals surface area contributed by atoms with Crippen molar-refractivity contribution < 1.29 is 0 Å². The lowest BCUT2D eigenvalue weighted by Crippen LogP contribution is -2.16. The van der Waals surface area contributed by atoms with E-state index in [0.717, 1.165) is 16.3 Å². The van der Waals surface area contributed by atoms with Gasteiger partial charge in [0.1, 0.15) is 6.07 Å². The van der Waals surface area contributed by atoms with Crippen LogP contribution in [0.1, 0.15) is 11.1 Å². The van der Waals surface area contributed by atoms with Gasteiger partial charge >= 0.3 is 0 Å². The van der Waals surface area contributed by atoms with Gasteiger partial charge in [0.15, 0.2) is 0 Å². The SMILES string of the molecule is CN(Cc1ccccc1Cl)c1ccc(N)c(C#N)c1. The summed E-state index contributed by atoms with van der Waals surface area (Å²) in [5.41, 5.74) is 8.68. The van der Waals surface area contributed by atoms with Crippen molar-refractivity contribution in [1.29, 1.82) is 5.26 Å². The van der Waals surface area contributed by atoms with E-state index in [0.29, 0.717) is 17.8 Å². The minimum atomic E-state index is 0.489. The van der Waals surface area contributed by atoms with Crippen molar-refractivity contribution in [3.63, 3.8) is 0 Å². The van der Waals surface area contributed by atoms with Gasteiger partial charge in [0, 0.05) is 30.0 Å². The van der Waals surface area contributed by atoms with Crippen LogP contribution in [0.3, 0.4) is 0 Å². The molecule has 0 amide bonds. The van der Waals surface area contributed by atoms with Crippen LogP contribution in [0.4, 0.5) is 11.4 Å². The highest BCUT2D eigenvalue weighted by molar-refractivity contribution is 6.31. The first-order valence-electron chi connectivity index (χ1n) is 5.86. The van der Waals surface area contributed by atoms with Gasteiger partial charge in [-0.05, 0) is 29.8 Å².